The van der Waals surface area contributed by atoms with Crippen molar-refractivity contribution in [3.8, 4) is 11.4 Å². The molecule has 1 N–H and O–H groups in total. The topological polar surface area (TPSA) is 72.7 Å². The number of halogens is 2. The van der Waals surface area contributed by atoms with Crippen LogP contribution in [0.15, 0.2) is 78.9 Å². The second-order valence-corrected chi connectivity index (χ2v) is 7.05. The standard InChI is InChI=1S/C22H17ClFN5O/c23-18-10-6-16(7-11-18)21(15-4-2-1-3-5-15)25-20(30)14-29-27-22(26-28-29)17-8-12-19(24)13-9-17/h1-13,21H,14H2,(H,25,30)/t21-/m0/s1. The van der Waals surface area contributed by atoms with Crippen LogP contribution in [0.2, 0.25) is 5.02 Å². The molecule has 1 atom stereocenters. The zero-order valence-electron chi connectivity index (χ0n) is 15.7. The summed E-state index contributed by atoms with van der Waals surface area (Å²) in [7, 11) is 0. The molecule has 8 heteroatoms. The Hall–Kier alpha value is -3.58. The Kier molecular flexibility index (Phi) is 5.81. The summed E-state index contributed by atoms with van der Waals surface area (Å²) in [5.74, 6) is -0.304. The Morgan fingerprint density at radius 1 is 0.967 bits per heavy atom. The molecule has 0 aliphatic rings. The molecule has 30 heavy (non-hydrogen) atoms. The van der Waals surface area contributed by atoms with E-state index in [9.17, 15) is 9.18 Å². The van der Waals surface area contributed by atoms with Gasteiger partial charge in [-0.05, 0) is 52.7 Å². The Morgan fingerprint density at radius 2 is 1.63 bits per heavy atom. The lowest BCUT2D eigenvalue weighted by molar-refractivity contribution is -0.122. The number of carbonyl (C=O) groups is 1. The molecule has 0 bridgehead atoms. The van der Waals surface area contributed by atoms with Crippen LogP contribution in [0.4, 0.5) is 4.39 Å². The first-order chi connectivity index (χ1) is 14.6. The molecule has 6 nitrogen and oxygen atoms in total. The van der Waals surface area contributed by atoms with Crippen LogP contribution < -0.4 is 5.32 Å². The second kappa shape index (κ2) is 8.84. The largest absolute Gasteiger partial charge is 0.344 e. The Balaban J connectivity index is 1.50. The predicted molar refractivity (Wildman–Crippen MR) is 111 cm³/mol. The summed E-state index contributed by atoms with van der Waals surface area (Å²) in [6.07, 6.45) is 0. The summed E-state index contributed by atoms with van der Waals surface area (Å²) in [5, 5.41) is 15.7. The van der Waals surface area contributed by atoms with E-state index in [2.05, 4.69) is 20.7 Å². The molecule has 4 aromatic rings. The third-order valence-electron chi connectivity index (χ3n) is 4.48. The van der Waals surface area contributed by atoms with Crippen LogP contribution in [0.25, 0.3) is 11.4 Å². The van der Waals surface area contributed by atoms with Gasteiger partial charge in [-0.3, -0.25) is 4.79 Å². The third kappa shape index (κ3) is 4.69. The Morgan fingerprint density at radius 3 is 2.33 bits per heavy atom. The molecule has 150 valence electrons. The number of rotatable bonds is 6. The molecule has 0 radical (unpaired) electrons. The summed E-state index contributed by atoms with van der Waals surface area (Å²) in [5.41, 5.74) is 2.45. The number of tetrazole rings is 1. The van der Waals surface area contributed by atoms with Crippen LogP contribution in [0.1, 0.15) is 17.2 Å². The summed E-state index contributed by atoms with van der Waals surface area (Å²) < 4.78 is 13.1. The van der Waals surface area contributed by atoms with E-state index in [4.69, 9.17) is 11.6 Å². The fourth-order valence-electron chi connectivity index (χ4n) is 3.02. The second-order valence-electron chi connectivity index (χ2n) is 6.61. The molecule has 0 unspecified atom stereocenters. The van der Waals surface area contributed by atoms with Crippen LogP contribution in [0.3, 0.4) is 0 Å². The Labute approximate surface area is 177 Å². The molecule has 1 heterocycles. The van der Waals surface area contributed by atoms with Crippen LogP contribution >= 0.6 is 11.6 Å². The van der Waals surface area contributed by atoms with Gasteiger partial charge >= 0.3 is 0 Å². The van der Waals surface area contributed by atoms with Crippen molar-refractivity contribution < 1.29 is 9.18 Å². The first-order valence-electron chi connectivity index (χ1n) is 9.22. The van der Waals surface area contributed by atoms with Gasteiger partial charge in [-0.2, -0.15) is 4.80 Å². The highest BCUT2D eigenvalue weighted by Crippen LogP contribution is 2.23. The summed E-state index contributed by atoms with van der Waals surface area (Å²) in [6.45, 7) is -0.106. The molecular weight excluding hydrogens is 405 g/mol. The maximum Gasteiger partial charge on any atom is 0.244 e. The minimum Gasteiger partial charge on any atom is -0.344 e. The SMILES string of the molecule is O=C(Cn1nnc(-c2ccc(F)cc2)n1)N[C@@H](c1ccccc1)c1ccc(Cl)cc1. The maximum atomic E-state index is 13.1. The molecule has 0 fully saturated rings. The van der Waals surface area contributed by atoms with Crippen molar-refractivity contribution in [2.75, 3.05) is 0 Å². The minimum atomic E-state index is -0.351. The highest BCUT2D eigenvalue weighted by molar-refractivity contribution is 6.30. The van der Waals surface area contributed by atoms with E-state index in [1.54, 1.807) is 24.3 Å². The normalized spacial score (nSPS) is 11.8. The molecule has 0 spiro atoms. The highest BCUT2D eigenvalue weighted by Gasteiger charge is 2.18. The molecule has 0 aliphatic carbocycles. The van der Waals surface area contributed by atoms with E-state index in [-0.39, 0.29) is 24.3 Å². The van der Waals surface area contributed by atoms with E-state index in [1.807, 2.05) is 42.5 Å². The number of aromatic nitrogens is 4. The van der Waals surface area contributed by atoms with Crippen molar-refractivity contribution in [1.82, 2.24) is 25.5 Å². The fraction of sp³-hybridized carbons (Fsp3) is 0.0909. The Bertz CT molecular complexity index is 1130. The van der Waals surface area contributed by atoms with Crippen molar-refractivity contribution in [2.24, 2.45) is 0 Å². The van der Waals surface area contributed by atoms with Gasteiger partial charge in [0.1, 0.15) is 12.4 Å². The lowest BCUT2D eigenvalue weighted by Gasteiger charge is -2.20. The van der Waals surface area contributed by atoms with E-state index < -0.39 is 0 Å². The van der Waals surface area contributed by atoms with Crippen LogP contribution in [0.5, 0.6) is 0 Å². The summed E-state index contributed by atoms with van der Waals surface area (Å²) in [6, 6.07) is 22.4. The van der Waals surface area contributed by atoms with Gasteiger partial charge < -0.3 is 5.32 Å². The summed E-state index contributed by atoms with van der Waals surface area (Å²) in [4.78, 5) is 13.9. The molecule has 0 saturated carbocycles. The average Bonchev–Trinajstić information content (AvgIpc) is 3.22. The zero-order chi connectivity index (χ0) is 20.9. The van der Waals surface area contributed by atoms with Gasteiger partial charge in [-0.15, -0.1) is 10.2 Å². The first kappa shape index (κ1) is 19.7. The monoisotopic (exact) mass is 421 g/mol. The number of nitrogens with zero attached hydrogens (tertiary/aromatic N) is 4. The van der Waals surface area contributed by atoms with E-state index in [0.29, 0.717) is 16.4 Å². The van der Waals surface area contributed by atoms with Gasteiger partial charge in [0, 0.05) is 10.6 Å². The fourth-order valence-corrected chi connectivity index (χ4v) is 3.15. The van der Waals surface area contributed by atoms with Crippen molar-refractivity contribution in [2.45, 2.75) is 12.6 Å². The highest BCUT2D eigenvalue weighted by atomic mass is 35.5. The lowest BCUT2D eigenvalue weighted by Crippen LogP contribution is -2.32. The van der Waals surface area contributed by atoms with Crippen LogP contribution in [-0.2, 0) is 11.3 Å². The van der Waals surface area contributed by atoms with Gasteiger partial charge in [-0.1, -0.05) is 54.1 Å². The van der Waals surface area contributed by atoms with Crippen molar-refractivity contribution in [3.63, 3.8) is 0 Å². The molecule has 0 aliphatic heterocycles. The van der Waals surface area contributed by atoms with Gasteiger partial charge in [-0.25, -0.2) is 4.39 Å². The zero-order valence-corrected chi connectivity index (χ0v) is 16.5. The smallest absolute Gasteiger partial charge is 0.244 e. The minimum absolute atomic E-state index is 0.106. The third-order valence-corrected chi connectivity index (χ3v) is 4.73. The first-order valence-corrected chi connectivity index (χ1v) is 9.60. The van der Waals surface area contributed by atoms with Crippen molar-refractivity contribution in [3.05, 3.63) is 101 Å². The predicted octanol–water partition coefficient (Wildman–Crippen LogP) is 4.04. The van der Waals surface area contributed by atoms with E-state index >= 15 is 0 Å². The van der Waals surface area contributed by atoms with Gasteiger partial charge in [0.05, 0.1) is 6.04 Å². The van der Waals surface area contributed by atoms with Crippen molar-refractivity contribution >= 4 is 17.5 Å². The number of hydrogen-bond acceptors (Lipinski definition) is 4. The van der Waals surface area contributed by atoms with Crippen molar-refractivity contribution in [1.29, 1.82) is 0 Å². The average molecular weight is 422 g/mol. The number of benzene rings is 3. The van der Waals surface area contributed by atoms with Crippen LogP contribution in [0, 0.1) is 5.82 Å². The molecule has 1 amide bonds. The van der Waals surface area contributed by atoms with Gasteiger partial charge in [0.15, 0.2) is 0 Å². The number of carbonyl (C=O) groups excluding carboxylic acids is 1. The molecule has 0 saturated heterocycles. The number of hydrogen-bond donors (Lipinski definition) is 1. The maximum absolute atomic E-state index is 13.1. The van der Waals surface area contributed by atoms with Gasteiger partial charge in [0.2, 0.25) is 11.7 Å². The van der Waals surface area contributed by atoms with Crippen LogP contribution in [-0.4, -0.2) is 26.1 Å². The lowest BCUT2D eigenvalue weighted by atomic mass is 9.99. The molecule has 4 rings (SSSR count). The summed E-state index contributed by atoms with van der Waals surface area (Å²) >= 11 is 6.00. The number of amides is 1. The van der Waals surface area contributed by atoms with E-state index in [0.717, 1.165) is 11.1 Å². The molecule has 1 aromatic heterocycles. The molecule has 3 aromatic carbocycles. The van der Waals surface area contributed by atoms with Gasteiger partial charge in [0.25, 0.3) is 0 Å². The molecular formula is C22H17ClFN5O. The number of nitrogens with one attached hydrogen (secondary N) is 1. The van der Waals surface area contributed by atoms with E-state index in [1.165, 1.54) is 16.9 Å². The quantitative estimate of drug-likeness (QED) is 0.510.